The predicted molar refractivity (Wildman–Crippen MR) is 98.1 cm³/mol. The molecule has 24 heavy (non-hydrogen) atoms. The summed E-state index contributed by atoms with van der Waals surface area (Å²) in [6.07, 6.45) is 6.78. The second-order valence-corrected chi connectivity index (χ2v) is 6.68. The van der Waals surface area contributed by atoms with E-state index in [-0.39, 0.29) is 0 Å². The lowest BCUT2D eigenvalue weighted by molar-refractivity contribution is 0.245. The zero-order valence-electron chi connectivity index (χ0n) is 14.2. The van der Waals surface area contributed by atoms with Gasteiger partial charge in [0.15, 0.2) is 0 Å². The van der Waals surface area contributed by atoms with Crippen molar-refractivity contribution >= 4 is 16.6 Å². The van der Waals surface area contributed by atoms with Crippen molar-refractivity contribution in [2.45, 2.75) is 19.5 Å². The minimum atomic E-state index is 0.976. The van der Waals surface area contributed by atoms with Gasteiger partial charge in [-0.25, -0.2) is 4.98 Å². The average Bonchev–Trinajstić information content (AvgIpc) is 2.61. The molecule has 0 saturated carbocycles. The van der Waals surface area contributed by atoms with Crippen molar-refractivity contribution in [3.05, 3.63) is 65.6 Å². The molecule has 0 bridgehead atoms. The molecule has 3 aromatic rings. The van der Waals surface area contributed by atoms with Gasteiger partial charge < -0.3 is 4.90 Å². The Kier molecular flexibility index (Phi) is 3.90. The van der Waals surface area contributed by atoms with Gasteiger partial charge in [-0.15, -0.1) is 0 Å². The van der Waals surface area contributed by atoms with E-state index in [9.17, 15) is 0 Å². The molecule has 1 aliphatic heterocycles. The van der Waals surface area contributed by atoms with Crippen LogP contribution in [0.3, 0.4) is 0 Å². The first-order chi connectivity index (χ1) is 11.7. The van der Waals surface area contributed by atoms with Gasteiger partial charge in [-0.3, -0.25) is 9.88 Å². The van der Waals surface area contributed by atoms with Crippen LogP contribution in [0.15, 0.2) is 48.9 Å². The number of benzene rings is 1. The Morgan fingerprint density at radius 3 is 2.88 bits per heavy atom. The monoisotopic (exact) mass is 318 g/mol. The maximum atomic E-state index is 4.54. The molecule has 4 nitrogen and oxygen atoms in total. The zero-order valence-corrected chi connectivity index (χ0v) is 14.2. The Bertz CT molecular complexity index is 872. The first-order valence-corrected chi connectivity index (χ1v) is 8.40. The van der Waals surface area contributed by atoms with Gasteiger partial charge >= 0.3 is 0 Å². The lowest BCUT2D eigenvalue weighted by Gasteiger charge is -2.30. The fraction of sp³-hybridized carbons (Fsp3) is 0.300. The topological polar surface area (TPSA) is 32.3 Å². The maximum absolute atomic E-state index is 4.54. The first kappa shape index (κ1) is 15.1. The van der Waals surface area contributed by atoms with Crippen LogP contribution in [0.2, 0.25) is 0 Å². The lowest BCUT2D eigenvalue weighted by Crippen LogP contribution is -2.31. The van der Waals surface area contributed by atoms with Crippen LogP contribution in [-0.2, 0) is 19.5 Å². The van der Waals surface area contributed by atoms with E-state index in [2.05, 4.69) is 64.2 Å². The molecular formula is C20H22N4. The molecule has 0 unspecified atom stereocenters. The normalized spacial score (nSPS) is 14.6. The SMILES string of the molecule is CN(C)c1nccc2c1CCN(Cc1ccc3ccncc3c1)C2. The van der Waals surface area contributed by atoms with Crippen molar-refractivity contribution in [2.24, 2.45) is 0 Å². The van der Waals surface area contributed by atoms with Gasteiger partial charge in [-0.2, -0.15) is 0 Å². The molecule has 4 rings (SSSR count). The van der Waals surface area contributed by atoms with E-state index in [0.29, 0.717) is 0 Å². The number of hydrogen-bond donors (Lipinski definition) is 0. The molecule has 122 valence electrons. The Labute approximate surface area is 142 Å². The molecule has 0 amide bonds. The van der Waals surface area contributed by atoms with Gasteiger partial charge in [0.05, 0.1) is 0 Å². The molecule has 1 aromatic carbocycles. The number of fused-ring (bicyclic) bond motifs is 2. The van der Waals surface area contributed by atoms with E-state index in [0.717, 1.165) is 31.9 Å². The summed E-state index contributed by atoms with van der Waals surface area (Å²) >= 11 is 0. The van der Waals surface area contributed by atoms with Crippen LogP contribution < -0.4 is 4.90 Å². The zero-order chi connectivity index (χ0) is 16.5. The third-order valence-electron chi connectivity index (χ3n) is 4.74. The quantitative estimate of drug-likeness (QED) is 0.742. The first-order valence-electron chi connectivity index (χ1n) is 8.40. The molecule has 0 aliphatic carbocycles. The summed E-state index contributed by atoms with van der Waals surface area (Å²) in [5.41, 5.74) is 4.16. The van der Waals surface area contributed by atoms with Crippen molar-refractivity contribution < 1.29 is 0 Å². The molecule has 3 heterocycles. The van der Waals surface area contributed by atoms with Gasteiger partial charge in [0.2, 0.25) is 0 Å². The smallest absolute Gasteiger partial charge is 0.131 e. The molecule has 2 aromatic heterocycles. The number of anilines is 1. The van der Waals surface area contributed by atoms with E-state index >= 15 is 0 Å². The third kappa shape index (κ3) is 2.85. The number of nitrogens with zero attached hydrogens (tertiary/aromatic N) is 4. The summed E-state index contributed by atoms with van der Waals surface area (Å²) < 4.78 is 0. The van der Waals surface area contributed by atoms with Crippen LogP contribution in [-0.4, -0.2) is 35.5 Å². The van der Waals surface area contributed by atoms with Crippen molar-refractivity contribution in [1.29, 1.82) is 0 Å². The van der Waals surface area contributed by atoms with E-state index in [1.807, 2.05) is 18.6 Å². The molecule has 1 aliphatic rings. The Hall–Kier alpha value is -2.46. The van der Waals surface area contributed by atoms with Gasteiger partial charge in [-0.05, 0) is 41.1 Å². The largest absolute Gasteiger partial charge is 0.363 e. The summed E-state index contributed by atoms with van der Waals surface area (Å²) in [4.78, 5) is 13.4. The van der Waals surface area contributed by atoms with E-state index in [1.54, 1.807) is 0 Å². The Morgan fingerprint density at radius 2 is 2.00 bits per heavy atom. The van der Waals surface area contributed by atoms with Gasteiger partial charge in [0, 0.05) is 63.3 Å². The Balaban J connectivity index is 1.55. The van der Waals surface area contributed by atoms with E-state index in [1.165, 1.54) is 27.5 Å². The highest BCUT2D eigenvalue weighted by atomic mass is 15.2. The number of pyridine rings is 2. The minimum absolute atomic E-state index is 0.976. The summed E-state index contributed by atoms with van der Waals surface area (Å²) in [7, 11) is 4.14. The van der Waals surface area contributed by atoms with Crippen LogP contribution in [0.25, 0.3) is 10.8 Å². The molecule has 0 spiro atoms. The molecule has 4 heteroatoms. The van der Waals surface area contributed by atoms with Crippen LogP contribution in [0, 0.1) is 0 Å². The fourth-order valence-electron chi connectivity index (χ4n) is 3.54. The highest BCUT2D eigenvalue weighted by molar-refractivity contribution is 5.81. The molecule has 0 saturated heterocycles. The van der Waals surface area contributed by atoms with Gasteiger partial charge in [0.25, 0.3) is 0 Å². The minimum Gasteiger partial charge on any atom is -0.363 e. The Morgan fingerprint density at radius 1 is 1.08 bits per heavy atom. The van der Waals surface area contributed by atoms with Crippen LogP contribution in [0.1, 0.15) is 16.7 Å². The summed E-state index contributed by atoms with van der Waals surface area (Å²) in [6.45, 7) is 3.04. The van der Waals surface area contributed by atoms with Crippen molar-refractivity contribution in [1.82, 2.24) is 14.9 Å². The predicted octanol–water partition coefficient (Wildman–Crippen LogP) is 3.25. The standard InChI is InChI=1S/C20H22N4/c1-23(2)20-19-7-10-24(14-17(19)6-9-22-20)13-15-3-4-16-5-8-21-12-18(16)11-15/h3-6,8-9,11-12H,7,10,13-14H2,1-2H3. The van der Waals surface area contributed by atoms with Crippen molar-refractivity contribution in [3.8, 4) is 0 Å². The van der Waals surface area contributed by atoms with Crippen LogP contribution >= 0.6 is 0 Å². The third-order valence-corrected chi connectivity index (χ3v) is 4.74. The van der Waals surface area contributed by atoms with E-state index < -0.39 is 0 Å². The summed E-state index contributed by atoms with van der Waals surface area (Å²) in [6, 6.07) is 10.9. The van der Waals surface area contributed by atoms with Crippen molar-refractivity contribution in [2.75, 3.05) is 25.5 Å². The number of aromatic nitrogens is 2. The molecular weight excluding hydrogens is 296 g/mol. The second kappa shape index (κ2) is 6.21. The number of hydrogen-bond acceptors (Lipinski definition) is 4. The van der Waals surface area contributed by atoms with Crippen LogP contribution in [0.4, 0.5) is 5.82 Å². The van der Waals surface area contributed by atoms with Gasteiger partial charge in [-0.1, -0.05) is 12.1 Å². The second-order valence-electron chi connectivity index (χ2n) is 6.68. The average molecular weight is 318 g/mol. The maximum Gasteiger partial charge on any atom is 0.131 e. The summed E-state index contributed by atoms with van der Waals surface area (Å²) in [5, 5.41) is 2.46. The number of rotatable bonds is 3. The molecule has 0 atom stereocenters. The molecule has 0 N–H and O–H groups in total. The highest BCUT2D eigenvalue weighted by Crippen LogP contribution is 2.27. The summed E-state index contributed by atoms with van der Waals surface area (Å²) in [5.74, 6) is 1.11. The molecule has 0 fully saturated rings. The van der Waals surface area contributed by atoms with Gasteiger partial charge in [0.1, 0.15) is 5.82 Å². The lowest BCUT2D eigenvalue weighted by atomic mass is 10.00. The molecule has 0 radical (unpaired) electrons. The van der Waals surface area contributed by atoms with Crippen LogP contribution in [0.5, 0.6) is 0 Å². The highest BCUT2D eigenvalue weighted by Gasteiger charge is 2.20. The fourth-order valence-corrected chi connectivity index (χ4v) is 3.54. The van der Waals surface area contributed by atoms with Crippen molar-refractivity contribution in [3.63, 3.8) is 0 Å². The van der Waals surface area contributed by atoms with E-state index in [4.69, 9.17) is 0 Å².